The summed E-state index contributed by atoms with van der Waals surface area (Å²) >= 11 is 0. The SMILES string of the molecule is CC(C)n1cnc2cc(C(=O)N3CCNCC3)ccc21. The smallest absolute Gasteiger partial charge is 0.254 e. The van der Waals surface area contributed by atoms with Crippen molar-refractivity contribution < 1.29 is 4.79 Å². The van der Waals surface area contributed by atoms with E-state index in [-0.39, 0.29) is 5.91 Å². The van der Waals surface area contributed by atoms with Gasteiger partial charge in [0.25, 0.3) is 5.91 Å². The average molecular weight is 272 g/mol. The molecular formula is C15H20N4O. The van der Waals surface area contributed by atoms with Gasteiger partial charge in [0.1, 0.15) is 0 Å². The second-order valence-electron chi connectivity index (χ2n) is 5.49. The predicted octanol–water partition coefficient (Wildman–Crippen LogP) is 1.66. The normalized spacial score (nSPS) is 16.1. The van der Waals surface area contributed by atoms with Crippen LogP contribution < -0.4 is 5.32 Å². The molecule has 5 heteroatoms. The molecule has 2 aromatic rings. The molecule has 0 saturated carbocycles. The van der Waals surface area contributed by atoms with Crippen molar-refractivity contribution >= 4 is 16.9 Å². The maximum Gasteiger partial charge on any atom is 0.254 e. The number of hydrogen-bond donors (Lipinski definition) is 1. The van der Waals surface area contributed by atoms with Crippen LogP contribution in [-0.4, -0.2) is 46.5 Å². The van der Waals surface area contributed by atoms with E-state index in [1.165, 1.54) is 0 Å². The number of carbonyl (C=O) groups excluding carboxylic acids is 1. The molecule has 1 N–H and O–H groups in total. The van der Waals surface area contributed by atoms with Gasteiger partial charge in [-0.1, -0.05) is 0 Å². The quantitative estimate of drug-likeness (QED) is 0.904. The Morgan fingerprint density at radius 3 is 2.75 bits per heavy atom. The predicted molar refractivity (Wildman–Crippen MR) is 78.9 cm³/mol. The molecule has 1 fully saturated rings. The van der Waals surface area contributed by atoms with Crippen LogP contribution >= 0.6 is 0 Å². The van der Waals surface area contributed by atoms with Crippen molar-refractivity contribution in [3.8, 4) is 0 Å². The monoisotopic (exact) mass is 272 g/mol. The molecule has 1 aromatic carbocycles. The van der Waals surface area contributed by atoms with Crippen molar-refractivity contribution in [2.24, 2.45) is 0 Å². The van der Waals surface area contributed by atoms with Gasteiger partial charge >= 0.3 is 0 Å². The first kappa shape index (κ1) is 13.1. The Kier molecular flexibility index (Phi) is 3.44. The number of carbonyl (C=O) groups is 1. The molecular weight excluding hydrogens is 252 g/mol. The van der Waals surface area contributed by atoms with E-state index < -0.39 is 0 Å². The molecule has 0 spiro atoms. The van der Waals surface area contributed by atoms with Gasteiger partial charge in [-0.25, -0.2) is 4.98 Å². The third-order valence-corrected chi connectivity index (χ3v) is 3.78. The summed E-state index contributed by atoms with van der Waals surface area (Å²) in [5, 5.41) is 3.26. The van der Waals surface area contributed by atoms with Crippen molar-refractivity contribution in [1.82, 2.24) is 19.8 Å². The lowest BCUT2D eigenvalue weighted by molar-refractivity contribution is 0.0736. The Balaban J connectivity index is 1.91. The van der Waals surface area contributed by atoms with E-state index in [0.29, 0.717) is 6.04 Å². The van der Waals surface area contributed by atoms with E-state index >= 15 is 0 Å². The molecule has 0 bridgehead atoms. The van der Waals surface area contributed by atoms with Crippen molar-refractivity contribution in [2.45, 2.75) is 19.9 Å². The number of nitrogens with one attached hydrogen (secondary N) is 1. The van der Waals surface area contributed by atoms with Crippen LogP contribution in [0.15, 0.2) is 24.5 Å². The van der Waals surface area contributed by atoms with Crippen molar-refractivity contribution in [2.75, 3.05) is 26.2 Å². The Morgan fingerprint density at radius 2 is 2.05 bits per heavy atom. The molecule has 1 aliphatic heterocycles. The Hall–Kier alpha value is -1.88. The van der Waals surface area contributed by atoms with Crippen LogP contribution in [0.1, 0.15) is 30.2 Å². The molecule has 0 atom stereocenters. The van der Waals surface area contributed by atoms with Gasteiger partial charge < -0.3 is 14.8 Å². The van der Waals surface area contributed by atoms with Gasteiger partial charge in [-0.05, 0) is 32.0 Å². The number of fused-ring (bicyclic) bond motifs is 1. The fourth-order valence-corrected chi connectivity index (χ4v) is 2.63. The summed E-state index contributed by atoms with van der Waals surface area (Å²) in [6.45, 7) is 7.54. The molecule has 1 amide bonds. The van der Waals surface area contributed by atoms with E-state index in [2.05, 4.69) is 28.7 Å². The van der Waals surface area contributed by atoms with E-state index in [1.807, 2.05) is 29.4 Å². The zero-order valence-electron chi connectivity index (χ0n) is 12.0. The number of benzene rings is 1. The van der Waals surface area contributed by atoms with E-state index in [1.54, 1.807) is 0 Å². The molecule has 1 aromatic heterocycles. The van der Waals surface area contributed by atoms with Crippen LogP contribution in [0.5, 0.6) is 0 Å². The summed E-state index contributed by atoms with van der Waals surface area (Å²) in [7, 11) is 0. The van der Waals surface area contributed by atoms with E-state index in [0.717, 1.165) is 42.8 Å². The lowest BCUT2D eigenvalue weighted by Crippen LogP contribution is -2.46. The van der Waals surface area contributed by atoms with Gasteiger partial charge in [-0.15, -0.1) is 0 Å². The molecule has 0 radical (unpaired) electrons. The van der Waals surface area contributed by atoms with Crippen molar-refractivity contribution in [1.29, 1.82) is 0 Å². The number of hydrogen-bond acceptors (Lipinski definition) is 3. The zero-order valence-corrected chi connectivity index (χ0v) is 12.0. The Bertz CT molecular complexity index is 626. The second-order valence-corrected chi connectivity index (χ2v) is 5.49. The summed E-state index contributed by atoms with van der Waals surface area (Å²) < 4.78 is 2.12. The molecule has 0 unspecified atom stereocenters. The topological polar surface area (TPSA) is 50.2 Å². The van der Waals surface area contributed by atoms with Gasteiger partial charge in [-0.2, -0.15) is 0 Å². The van der Waals surface area contributed by atoms with Gasteiger partial charge in [0.15, 0.2) is 0 Å². The van der Waals surface area contributed by atoms with Gasteiger partial charge in [0.2, 0.25) is 0 Å². The standard InChI is InChI=1S/C15H20N4O/c1-11(2)19-10-17-13-9-12(3-4-14(13)19)15(20)18-7-5-16-6-8-18/h3-4,9-11,16H,5-8H2,1-2H3. The zero-order chi connectivity index (χ0) is 14.1. The van der Waals surface area contributed by atoms with Crippen molar-refractivity contribution in [3.63, 3.8) is 0 Å². The average Bonchev–Trinajstić information content (AvgIpc) is 2.90. The summed E-state index contributed by atoms with van der Waals surface area (Å²) in [6, 6.07) is 6.18. The summed E-state index contributed by atoms with van der Waals surface area (Å²) in [4.78, 5) is 18.8. The fraction of sp³-hybridized carbons (Fsp3) is 0.467. The Labute approximate surface area is 118 Å². The van der Waals surface area contributed by atoms with Gasteiger partial charge in [0.05, 0.1) is 17.4 Å². The van der Waals surface area contributed by atoms with Gasteiger partial charge in [-0.3, -0.25) is 4.79 Å². The van der Waals surface area contributed by atoms with Crippen LogP contribution in [0.2, 0.25) is 0 Å². The lowest BCUT2D eigenvalue weighted by atomic mass is 10.1. The number of imidazole rings is 1. The number of nitrogens with zero attached hydrogens (tertiary/aromatic N) is 3. The molecule has 2 heterocycles. The molecule has 1 aliphatic rings. The third-order valence-electron chi connectivity index (χ3n) is 3.78. The maximum atomic E-state index is 12.4. The molecule has 5 nitrogen and oxygen atoms in total. The van der Waals surface area contributed by atoms with Gasteiger partial charge in [0, 0.05) is 37.8 Å². The first-order chi connectivity index (χ1) is 9.66. The maximum absolute atomic E-state index is 12.4. The van der Waals surface area contributed by atoms with Crippen LogP contribution in [0.3, 0.4) is 0 Å². The first-order valence-electron chi connectivity index (χ1n) is 7.13. The van der Waals surface area contributed by atoms with Crippen LogP contribution in [0.4, 0.5) is 0 Å². The third kappa shape index (κ3) is 2.29. The van der Waals surface area contributed by atoms with Crippen molar-refractivity contribution in [3.05, 3.63) is 30.1 Å². The number of amides is 1. The minimum atomic E-state index is 0.104. The highest BCUT2D eigenvalue weighted by Crippen LogP contribution is 2.19. The number of piperazine rings is 1. The number of rotatable bonds is 2. The Morgan fingerprint density at radius 1 is 1.30 bits per heavy atom. The summed E-state index contributed by atoms with van der Waals surface area (Å²) in [6.07, 6.45) is 1.84. The minimum Gasteiger partial charge on any atom is -0.336 e. The van der Waals surface area contributed by atoms with Crippen LogP contribution in [0.25, 0.3) is 11.0 Å². The first-order valence-corrected chi connectivity index (χ1v) is 7.13. The molecule has 1 saturated heterocycles. The highest BCUT2D eigenvalue weighted by molar-refractivity contribution is 5.97. The molecule has 20 heavy (non-hydrogen) atoms. The highest BCUT2D eigenvalue weighted by Gasteiger charge is 2.18. The van der Waals surface area contributed by atoms with E-state index in [4.69, 9.17) is 0 Å². The van der Waals surface area contributed by atoms with Crippen LogP contribution in [-0.2, 0) is 0 Å². The highest BCUT2D eigenvalue weighted by atomic mass is 16.2. The van der Waals surface area contributed by atoms with Crippen LogP contribution in [0, 0.1) is 0 Å². The number of aromatic nitrogens is 2. The van der Waals surface area contributed by atoms with E-state index in [9.17, 15) is 4.79 Å². The minimum absolute atomic E-state index is 0.104. The summed E-state index contributed by atoms with van der Waals surface area (Å²) in [5.41, 5.74) is 2.70. The second kappa shape index (κ2) is 5.25. The molecule has 3 rings (SSSR count). The lowest BCUT2D eigenvalue weighted by Gasteiger charge is -2.27. The largest absolute Gasteiger partial charge is 0.336 e. The fourth-order valence-electron chi connectivity index (χ4n) is 2.63. The summed E-state index contributed by atoms with van der Waals surface area (Å²) in [5.74, 6) is 0.104. The molecule has 106 valence electrons. The molecule has 0 aliphatic carbocycles.